The van der Waals surface area contributed by atoms with Crippen LogP contribution >= 0.6 is 15.9 Å². The minimum Gasteiger partial charge on any atom is -0.454 e. The van der Waals surface area contributed by atoms with Crippen LogP contribution in [0, 0.1) is 0 Å². The molecule has 1 heterocycles. The number of carbonyl (C=O) groups is 2. The highest BCUT2D eigenvalue weighted by Crippen LogP contribution is 2.15. The molecule has 23 heavy (non-hydrogen) atoms. The molecule has 2 aromatic rings. The molecule has 1 N–H and O–H groups in total. The summed E-state index contributed by atoms with van der Waals surface area (Å²) in [5.41, 5.74) is 0.621. The number of nitrogens with zero attached hydrogens (tertiary/aromatic N) is 3. The van der Waals surface area contributed by atoms with E-state index in [1.165, 1.54) is 4.90 Å². The molecule has 0 unspecified atom stereocenters. The molecule has 0 atom stereocenters. The summed E-state index contributed by atoms with van der Waals surface area (Å²) >= 11 is 3.31. The summed E-state index contributed by atoms with van der Waals surface area (Å²) in [6.07, 6.45) is 3.16. The van der Waals surface area contributed by atoms with Crippen LogP contribution in [-0.2, 0) is 14.3 Å². The van der Waals surface area contributed by atoms with Crippen molar-refractivity contribution in [1.29, 1.82) is 0 Å². The summed E-state index contributed by atoms with van der Waals surface area (Å²) in [4.78, 5) is 33.0. The van der Waals surface area contributed by atoms with Gasteiger partial charge in [-0.25, -0.2) is 9.97 Å². The molecule has 0 radical (unpaired) electrons. The fourth-order valence-corrected chi connectivity index (χ4v) is 2.11. The zero-order valence-electron chi connectivity index (χ0n) is 12.4. The van der Waals surface area contributed by atoms with Crippen LogP contribution in [0.5, 0.6) is 0 Å². The number of esters is 1. The third-order valence-corrected chi connectivity index (χ3v) is 3.23. The molecular formula is C15H15BrN4O3. The molecule has 2 rings (SSSR count). The third-order valence-electron chi connectivity index (χ3n) is 2.73. The van der Waals surface area contributed by atoms with Crippen LogP contribution in [0.2, 0.25) is 0 Å². The average Bonchev–Trinajstić information content (AvgIpc) is 2.54. The van der Waals surface area contributed by atoms with Gasteiger partial charge < -0.3 is 15.0 Å². The molecule has 0 bridgehead atoms. The number of nitrogens with one attached hydrogen (secondary N) is 1. The summed E-state index contributed by atoms with van der Waals surface area (Å²) in [5, 5.41) is 2.64. The van der Waals surface area contributed by atoms with Gasteiger partial charge >= 0.3 is 5.97 Å². The molecule has 1 aromatic carbocycles. The molecule has 1 amide bonds. The quantitative estimate of drug-likeness (QED) is 0.772. The number of carbonyl (C=O) groups excluding carboxylic acids is 2. The van der Waals surface area contributed by atoms with Crippen LogP contribution in [0.4, 0.5) is 11.6 Å². The Morgan fingerprint density at radius 2 is 2.00 bits per heavy atom. The topological polar surface area (TPSA) is 84.4 Å². The van der Waals surface area contributed by atoms with Gasteiger partial charge in [-0.15, -0.1) is 0 Å². The molecule has 0 fully saturated rings. The number of likely N-dealkylation sites (N-methyl/N-ethyl adjacent to an activating group) is 1. The highest BCUT2D eigenvalue weighted by Gasteiger charge is 2.12. The number of rotatable bonds is 6. The van der Waals surface area contributed by atoms with Crippen molar-refractivity contribution in [2.45, 2.75) is 0 Å². The zero-order chi connectivity index (χ0) is 16.7. The molecule has 0 aliphatic rings. The van der Waals surface area contributed by atoms with Gasteiger partial charge in [0.15, 0.2) is 6.61 Å². The number of hydrogen-bond acceptors (Lipinski definition) is 6. The fraction of sp³-hybridized carbons (Fsp3) is 0.200. The highest BCUT2D eigenvalue weighted by atomic mass is 79.9. The number of anilines is 2. The van der Waals surface area contributed by atoms with Crippen LogP contribution < -0.4 is 10.2 Å². The van der Waals surface area contributed by atoms with Gasteiger partial charge in [0.25, 0.3) is 5.91 Å². The van der Waals surface area contributed by atoms with E-state index in [1.807, 2.05) is 6.07 Å². The van der Waals surface area contributed by atoms with E-state index in [0.29, 0.717) is 11.6 Å². The van der Waals surface area contributed by atoms with E-state index < -0.39 is 11.9 Å². The first-order chi connectivity index (χ1) is 11.0. The Bertz CT molecular complexity index is 681. The second-order valence-corrected chi connectivity index (χ2v) is 5.54. The van der Waals surface area contributed by atoms with Crippen molar-refractivity contribution in [2.24, 2.45) is 0 Å². The normalized spacial score (nSPS) is 10.0. The maximum Gasteiger partial charge on any atom is 0.326 e. The Balaban J connectivity index is 1.76. The van der Waals surface area contributed by atoms with Crippen LogP contribution in [0.25, 0.3) is 0 Å². The van der Waals surface area contributed by atoms with Crippen molar-refractivity contribution in [3.8, 4) is 0 Å². The van der Waals surface area contributed by atoms with E-state index in [-0.39, 0.29) is 13.2 Å². The van der Waals surface area contributed by atoms with E-state index in [4.69, 9.17) is 4.74 Å². The zero-order valence-corrected chi connectivity index (χ0v) is 14.0. The van der Waals surface area contributed by atoms with Crippen molar-refractivity contribution in [1.82, 2.24) is 9.97 Å². The van der Waals surface area contributed by atoms with Gasteiger partial charge in [0.1, 0.15) is 6.54 Å². The minimum absolute atomic E-state index is 0.0474. The van der Waals surface area contributed by atoms with Crippen molar-refractivity contribution in [3.05, 3.63) is 47.2 Å². The first-order valence-electron chi connectivity index (χ1n) is 6.74. The van der Waals surface area contributed by atoms with Gasteiger partial charge in [-0.3, -0.25) is 9.59 Å². The number of hydrogen-bond donors (Lipinski definition) is 1. The molecule has 0 saturated heterocycles. The SMILES string of the molecule is CN(CC(=O)OCC(=O)Nc1cccc(Br)c1)c1ncccn1. The molecule has 120 valence electrons. The minimum atomic E-state index is -0.538. The Labute approximate surface area is 141 Å². The van der Waals surface area contributed by atoms with Gasteiger partial charge in [0.2, 0.25) is 5.95 Å². The molecule has 0 aliphatic heterocycles. The number of amides is 1. The van der Waals surface area contributed by atoms with Crippen molar-refractivity contribution in [3.63, 3.8) is 0 Å². The lowest BCUT2D eigenvalue weighted by molar-refractivity contribution is -0.145. The maximum absolute atomic E-state index is 11.7. The smallest absolute Gasteiger partial charge is 0.326 e. The van der Waals surface area contributed by atoms with Crippen molar-refractivity contribution in [2.75, 3.05) is 30.4 Å². The van der Waals surface area contributed by atoms with Crippen LogP contribution in [0.1, 0.15) is 0 Å². The summed E-state index contributed by atoms with van der Waals surface area (Å²) in [6, 6.07) is 8.81. The Kier molecular flexibility index (Phi) is 6.04. The Hall–Kier alpha value is -2.48. The standard InChI is InChI=1S/C15H15BrN4O3/c1-20(15-17-6-3-7-18-15)9-14(22)23-10-13(21)19-12-5-2-4-11(16)8-12/h2-8H,9-10H2,1H3,(H,19,21). The lowest BCUT2D eigenvalue weighted by atomic mass is 10.3. The van der Waals surface area contributed by atoms with E-state index in [1.54, 1.807) is 43.7 Å². The number of halogens is 1. The van der Waals surface area contributed by atoms with Gasteiger partial charge in [-0.05, 0) is 24.3 Å². The summed E-state index contributed by atoms with van der Waals surface area (Å²) in [5.74, 6) is -0.539. The molecule has 0 spiro atoms. The highest BCUT2D eigenvalue weighted by molar-refractivity contribution is 9.10. The van der Waals surface area contributed by atoms with Gasteiger partial charge in [0, 0.05) is 29.6 Å². The summed E-state index contributed by atoms with van der Waals surface area (Å²) in [6.45, 7) is -0.400. The average molecular weight is 379 g/mol. The first kappa shape index (κ1) is 16.9. The summed E-state index contributed by atoms with van der Waals surface area (Å²) in [7, 11) is 1.66. The van der Waals surface area contributed by atoms with E-state index in [9.17, 15) is 9.59 Å². The molecule has 0 aliphatic carbocycles. The Morgan fingerprint density at radius 1 is 1.26 bits per heavy atom. The Morgan fingerprint density at radius 3 is 2.70 bits per heavy atom. The third kappa shape index (κ3) is 5.67. The summed E-state index contributed by atoms with van der Waals surface area (Å²) < 4.78 is 5.78. The number of aromatic nitrogens is 2. The van der Waals surface area contributed by atoms with Gasteiger partial charge in [-0.1, -0.05) is 22.0 Å². The fourth-order valence-electron chi connectivity index (χ4n) is 1.71. The monoisotopic (exact) mass is 378 g/mol. The van der Waals surface area contributed by atoms with Crippen LogP contribution in [0.15, 0.2) is 47.2 Å². The lowest BCUT2D eigenvalue weighted by Gasteiger charge is -2.15. The molecule has 0 saturated carbocycles. The predicted molar refractivity (Wildman–Crippen MR) is 89.0 cm³/mol. The van der Waals surface area contributed by atoms with E-state index in [2.05, 4.69) is 31.2 Å². The number of benzene rings is 1. The van der Waals surface area contributed by atoms with Gasteiger partial charge in [-0.2, -0.15) is 0 Å². The molecule has 1 aromatic heterocycles. The van der Waals surface area contributed by atoms with Crippen molar-refractivity contribution < 1.29 is 14.3 Å². The lowest BCUT2D eigenvalue weighted by Crippen LogP contribution is -2.30. The second-order valence-electron chi connectivity index (χ2n) is 4.62. The first-order valence-corrected chi connectivity index (χ1v) is 7.53. The van der Waals surface area contributed by atoms with Crippen LogP contribution in [0.3, 0.4) is 0 Å². The van der Waals surface area contributed by atoms with Gasteiger partial charge in [0.05, 0.1) is 0 Å². The predicted octanol–water partition coefficient (Wildman–Crippen LogP) is 1.86. The van der Waals surface area contributed by atoms with E-state index >= 15 is 0 Å². The number of ether oxygens (including phenoxy) is 1. The van der Waals surface area contributed by atoms with E-state index in [0.717, 1.165) is 4.47 Å². The largest absolute Gasteiger partial charge is 0.454 e. The molecule has 8 heteroatoms. The van der Waals surface area contributed by atoms with Crippen molar-refractivity contribution >= 4 is 39.4 Å². The molecular weight excluding hydrogens is 364 g/mol. The van der Waals surface area contributed by atoms with Crippen LogP contribution in [-0.4, -0.2) is 42.0 Å². The maximum atomic E-state index is 11.7. The second kappa shape index (κ2) is 8.23. The molecule has 7 nitrogen and oxygen atoms in total.